The average Bonchev–Trinajstić information content (AvgIpc) is 3.05. The number of terminal acetylenes is 1. The maximum atomic E-state index is 12.7. The van der Waals surface area contributed by atoms with Crippen molar-refractivity contribution in [3.8, 4) is 18.4 Å². The molecule has 2 rings (SSSR count). The number of nitriles is 1. The van der Waals surface area contributed by atoms with E-state index in [1.165, 1.54) is 35.0 Å². The highest BCUT2D eigenvalue weighted by atomic mass is 32.1. The third kappa shape index (κ3) is 5.77. The molecule has 166 valence electrons. The zero-order valence-electron chi connectivity index (χ0n) is 16.5. The molecule has 0 aliphatic heterocycles. The van der Waals surface area contributed by atoms with E-state index in [-0.39, 0.29) is 33.5 Å². The monoisotopic (exact) mass is 463 g/mol. The van der Waals surface area contributed by atoms with Gasteiger partial charge in [-0.05, 0) is 25.1 Å². The summed E-state index contributed by atoms with van der Waals surface area (Å²) in [6, 6.07) is 7.20. The van der Waals surface area contributed by atoms with Gasteiger partial charge in [0.2, 0.25) is 0 Å². The van der Waals surface area contributed by atoms with Crippen LogP contribution >= 0.6 is 11.3 Å². The summed E-state index contributed by atoms with van der Waals surface area (Å²) in [5.41, 5.74) is -0.563. The van der Waals surface area contributed by atoms with Crippen molar-refractivity contribution >= 4 is 46.3 Å². The lowest BCUT2D eigenvalue weighted by Gasteiger charge is -2.09. The number of carbonyl (C=O) groups excluding carboxylic acids is 2. The van der Waals surface area contributed by atoms with E-state index in [2.05, 4.69) is 16.6 Å². The highest BCUT2D eigenvalue weighted by Crippen LogP contribution is 2.20. The predicted octanol–water partition coefficient (Wildman–Crippen LogP) is 0.704. The third-order valence-corrected chi connectivity index (χ3v) is 5.01. The number of halogens is 3. The average molecular weight is 463 g/mol. The smallest absolute Gasteiger partial charge is 0.360 e. The Balaban J connectivity index is 2.42. The first kappa shape index (κ1) is 24.2. The quantitative estimate of drug-likeness (QED) is 0.546. The van der Waals surface area contributed by atoms with Crippen molar-refractivity contribution in [2.24, 2.45) is 0 Å². The largest absolute Gasteiger partial charge is 0.471 e. The van der Waals surface area contributed by atoms with Crippen LogP contribution in [0.2, 0.25) is 0 Å². The van der Waals surface area contributed by atoms with Crippen LogP contribution in [-0.2, 0) is 16.1 Å². The molecule has 0 fully saturated rings. The van der Waals surface area contributed by atoms with Crippen molar-refractivity contribution in [3.05, 3.63) is 43.8 Å². The standard InChI is InChI=1S/C20H16F3N5O3S/c1-3-8-25-16(29)14(10-24)18-28(4-2)17(30)15(32-18)11-26-12-6-5-7-13(9-12)27-19(31)20(21,22)23/h1,5-7,9,11,26H,4,8H2,2H3,(H,25,29)(H,27,31). The summed E-state index contributed by atoms with van der Waals surface area (Å²) in [6.45, 7) is 1.76. The Labute approximate surface area is 183 Å². The fourth-order valence-electron chi connectivity index (χ4n) is 2.45. The van der Waals surface area contributed by atoms with Crippen LogP contribution in [0, 0.1) is 23.7 Å². The Kier molecular flexibility index (Phi) is 7.82. The maximum Gasteiger partial charge on any atom is 0.471 e. The van der Waals surface area contributed by atoms with Gasteiger partial charge in [0.25, 0.3) is 11.5 Å². The lowest BCUT2D eigenvalue weighted by Crippen LogP contribution is -2.34. The molecule has 1 aromatic carbocycles. The second-order valence-electron chi connectivity index (χ2n) is 6.02. The first-order valence-electron chi connectivity index (χ1n) is 8.93. The van der Waals surface area contributed by atoms with Crippen molar-refractivity contribution in [2.75, 3.05) is 17.2 Å². The summed E-state index contributed by atoms with van der Waals surface area (Å²) >= 11 is 0.885. The summed E-state index contributed by atoms with van der Waals surface area (Å²) in [5.74, 6) is -0.624. The number of thiazole rings is 1. The van der Waals surface area contributed by atoms with Gasteiger partial charge < -0.3 is 16.0 Å². The molecular formula is C20H16F3N5O3S. The number of carbonyl (C=O) groups is 2. The third-order valence-electron chi connectivity index (χ3n) is 3.88. The van der Waals surface area contributed by atoms with Crippen molar-refractivity contribution in [1.29, 1.82) is 5.26 Å². The Morgan fingerprint density at radius 2 is 2.00 bits per heavy atom. The maximum absolute atomic E-state index is 12.7. The minimum atomic E-state index is -5.03. The predicted molar refractivity (Wildman–Crippen MR) is 114 cm³/mol. The molecule has 3 N–H and O–H groups in total. The Morgan fingerprint density at radius 1 is 1.31 bits per heavy atom. The van der Waals surface area contributed by atoms with Crippen LogP contribution in [0.5, 0.6) is 0 Å². The van der Waals surface area contributed by atoms with Crippen LogP contribution in [0.4, 0.5) is 24.5 Å². The number of hydrogen-bond acceptors (Lipinski definition) is 6. The van der Waals surface area contributed by atoms with Crippen LogP contribution in [-0.4, -0.2) is 29.1 Å². The van der Waals surface area contributed by atoms with E-state index in [9.17, 15) is 32.8 Å². The fraction of sp³-hybridized carbons (Fsp3) is 0.200. The van der Waals surface area contributed by atoms with Crippen molar-refractivity contribution in [2.45, 2.75) is 19.6 Å². The zero-order valence-corrected chi connectivity index (χ0v) is 17.4. The molecule has 0 aliphatic carbocycles. The minimum absolute atomic E-state index is 0.0898. The van der Waals surface area contributed by atoms with Crippen molar-refractivity contribution in [1.82, 2.24) is 9.88 Å². The Hall–Kier alpha value is -4.03. The topological polar surface area (TPSA) is 116 Å². The Bertz CT molecular complexity index is 1300. The van der Waals surface area contributed by atoms with Gasteiger partial charge in [0.1, 0.15) is 15.3 Å². The molecule has 8 nitrogen and oxygen atoms in total. The molecule has 2 amide bonds. The molecule has 0 saturated carbocycles. The highest BCUT2D eigenvalue weighted by Gasteiger charge is 2.38. The number of benzene rings is 1. The molecule has 0 saturated heterocycles. The number of amides is 2. The number of hydrogen-bond donors (Lipinski definition) is 3. The zero-order chi connectivity index (χ0) is 23.9. The molecule has 0 bridgehead atoms. The molecule has 1 aromatic heterocycles. The van der Waals surface area contributed by atoms with E-state index in [4.69, 9.17) is 6.42 Å². The SMILES string of the molecule is C#CCNC(=O)C(C#N)=c1sc(=CNc2cccc(NC(=O)C(F)(F)F)c2)c(=O)n1CC. The summed E-state index contributed by atoms with van der Waals surface area (Å²) in [7, 11) is 0. The van der Waals surface area contributed by atoms with Crippen molar-refractivity contribution in [3.63, 3.8) is 0 Å². The fourth-order valence-corrected chi connectivity index (χ4v) is 3.53. The summed E-state index contributed by atoms with van der Waals surface area (Å²) in [6.07, 6.45) is 1.35. The number of nitrogens with one attached hydrogen (secondary N) is 3. The van der Waals surface area contributed by atoms with E-state index in [0.717, 1.165) is 11.3 Å². The second kappa shape index (κ2) is 10.3. The van der Waals surface area contributed by atoms with Gasteiger partial charge in [-0.1, -0.05) is 12.0 Å². The van der Waals surface area contributed by atoms with Crippen LogP contribution in [0.15, 0.2) is 29.1 Å². The number of nitrogens with zero attached hydrogens (tertiary/aromatic N) is 2. The van der Waals surface area contributed by atoms with Gasteiger partial charge in [0.15, 0.2) is 5.57 Å². The molecule has 0 aliphatic rings. The van der Waals surface area contributed by atoms with E-state index >= 15 is 0 Å². The molecule has 0 unspecified atom stereocenters. The van der Waals surface area contributed by atoms with E-state index < -0.39 is 23.5 Å². The molecule has 1 heterocycles. The summed E-state index contributed by atoms with van der Waals surface area (Å²) in [5, 5.41) is 16.2. The number of aromatic nitrogens is 1. The van der Waals surface area contributed by atoms with Gasteiger partial charge in [0.05, 0.1) is 6.54 Å². The molecule has 12 heteroatoms. The first-order chi connectivity index (χ1) is 15.1. The van der Waals surface area contributed by atoms with Crippen molar-refractivity contribution < 1.29 is 22.8 Å². The molecule has 32 heavy (non-hydrogen) atoms. The molecule has 0 atom stereocenters. The van der Waals surface area contributed by atoms with E-state index in [0.29, 0.717) is 5.69 Å². The lowest BCUT2D eigenvalue weighted by atomic mass is 10.2. The second-order valence-corrected chi connectivity index (χ2v) is 7.05. The Morgan fingerprint density at radius 3 is 2.59 bits per heavy atom. The highest BCUT2D eigenvalue weighted by molar-refractivity contribution is 7.07. The van der Waals surface area contributed by atoms with E-state index in [1.54, 1.807) is 18.3 Å². The van der Waals surface area contributed by atoms with Gasteiger partial charge >= 0.3 is 12.1 Å². The van der Waals surface area contributed by atoms with Gasteiger partial charge in [-0.15, -0.1) is 17.8 Å². The lowest BCUT2D eigenvalue weighted by molar-refractivity contribution is -0.167. The summed E-state index contributed by atoms with van der Waals surface area (Å²) in [4.78, 5) is 35.9. The molecule has 2 aromatic rings. The number of anilines is 2. The minimum Gasteiger partial charge on any atom is -0.360 e. The van der Waals surface area contributed by atoms with Crippen LogP contribution in [0.3, 0.4) is 0 Å². The van der Waals surface area contributed by atoms with Gasteiger partial charge in [-0.3, -0.25) is 19.0 Å². The van der Waals surface area contributed by atoms with Crippen LogP contribution < -0.4 is 30.7 Å². The normalized spacial score (nSPS) is 12.4. The number of alkyl halides is 3. The van der Waals surface area contributed by atoms with Gasteiger partial charge in [-0.25, -0.2) is 0 Å². The van der Waals surface area contributed by atoms with E-state index in [1.807, 2.05) is 0 Å². The summed E-state index contributed by atoms with van der Waals surface area (Å²) < 4.78 is 38.7. The van der Waals surface area contributed by atoms with Crippen LogP contribution in [0.1, 0.15) is 6.92 Å². The molecule has 0 radical (unpaired) electrons. The van der Waals surface area contributed by atoms with Crippen LogP contribution in [0.25, 0.3) is 11.8 Å². The number of rotatable bonds is 6. The molecule has 0 spiro atoms. The molecular weight excluding hydrogens is 447 g/mol. The van der Waals surface area contributed by atoms with Gasteiger partial charge in [-0.2, -0.15) is 18.4 Å². The first-order valence-corrected chi connectivity index (χ1v) is 9.74. The van der Waals surface area contributed by atoms with Gasteiger partial charge in [0, 0.05) is 24.1 Å².